The van der Waals surface area contributed by atoms with Crippen molar-refractivity contribution in [1.29, 1.82) is 5.26 Å². The highest BCUT2D eigenvalue weighted by Crippen LogP contribution is 2.29. The second-order valence-electron chi connectivity index (χ2n) is 3.46. The molecule has 0 aliphatic carbocycles. The molecule has 1 aromatic carbocycles. The Balaban J connectivity index is 2.46. The molecular formula is C11H8N2O3. The highest BCUT2D eigenvalue weighted by Gasteiger charge is 2.27. The van der Waals surface area contributed by atoms with Crippen molar-refractivity contribution in [3.05, 3.63) is 29.3 Å². The van der Waals surface area contributed by atoms with Crippen LogP contribution in [-0.2, 0) is 11.2 Å². The second-order valence-corrected chi connectivity index (χ2v) is 3.46. The lowest BCUT2D eigenvalue weighted by atomic mass is 10.1. The van der Waals surface area contributed by atoms with Crippen LogP contribution >= 0.6 is 0 Å². The Bertz CT molecular complexity index is 516. The Morgan fingerprint density at radius 1 is 1.56 bits per heavy atom. The van der Waals surface area contributed by atoms with Crippen LogP contribution in [0.1, 0.15) is 15.9 Å². The fraction of sp³-hybridized carbons (Fsp3) is 0.182. The van der Waals surface area contributed by atoms with E-state index in [2.05, 4.69) is 0 Å². The number of rotatable bonds is 2. The normalized spacial score (nSPS) is 13.4. The molecule has 0 aromatic heterocycles. The van der Waals surface area contributed by atoms with E-state index in [1.165, 1.54) is 17.0 Å². The van der Waals surface area contributed by atoms with Gasteiger partial charge in [0.15, 0.2) is 0 Å². The summed E-state index contributed by atoms with van der Waals surface area (Å²) in [7, 11) is 0. The van der Waals surface area contributed by atoms with Crippen LogP contribution in [0.2, 0.25) is 0 Å². The van der Waals surface area contributed by atoms with Gasteiger partial charge >= 0.3 is 5.97 Å². The fourth-order valence-corrected chi connectivity index (χ4v) is 1.73. The standard InChI is InChI=1S/C11H8N2O3/c12-3-4-13-9-5-8(11(15)16)2-1-7(9)6-10(13)14/h1-2,5H,4,6H2,(H,15,16). The Morgan fingerprint density at radius 3 is 2.94 bits per heavy atom. The van der Waals surface area contributed by atoms with E-state index in [1.54, 1.807) is 6.07 Å². The van der Waals surface area contributed by atoms with Crippen LogP contribution in [0.3, 0.4) is 0 Å². The number of amides is 1. The maximum absolute atomic E-state index is 11.5. The van der Waals surface area contributed by atoms with Crippen LogP contribution in [0.4, 0.5) is 5.69 Å². The molecule has 0 radical (unpaired) electrons. The third-order valence-corrected chi connectivity index (χ3v) is 2.49. The Hall–Kier alpha value is -2.35. The number of carbonyl (C=O) groups excluding carboxylic acids is 1. The molecule has 5 nitrogen and oxygen atoms in total. The van der Waals surface area contributed by atoms with Crippen molar-refractivity contribution >= 4 is 17.6 Å². The molecule has 1 aromatic rings. The summed E-state index contributed by atoms with van der Waals surface area (Å²) >= 11 is 0. The van der Waals surface area contributed by atoms with Gasteiger partial charge in [-0.1, -0.05) is 6.07 Å². The summed E-state index contributed by atoms with van der Waals surface area (Å²) in [6.07, 6.45) is 0.233. The van der Waals surface area contributed by atoms with Gasteiger partial charge in [-0.05, 0) is 17.7 Å². The molecule has 2 rings (SSSR count). The zero-order chi connectivity index (χ0) is 11.7. The Kier molecular flexibility index (Phi) is 2.33. The van der Waals surface area contributed by atoms with Gasteiger partial charge in [-0.25, -0.2) is 4.79 Å². The smallest absolute Gasteiger partial charge is 0.335 e. The number of carbonyl (C=O) groups is 2. The molecule has 0 bridgehead atoms. The number of carboxylic acids is 1. The number of carboxylic acid groups (broad SMARTS) is 1. The summed E-state index contributed by atoms with van der Waals surface area (Å²) in [5.41, 5.74) is 1.42. The molecule has 0 saturated carbocycles. The van der Waals surface area contributed by atoms with E-state index >= 15 is 0 Å². The number of hydrogen-bond donors (Lipinski definition) is 1. The lowest BCUT2D eigenvalue weighted by Gasteiger charge is -2.13. The van der Waals surface area contributed by atoms with E-state index < -0.39 is 5.97 Å². The summed E-state index contributed by atoms with van der Waals surface area (Å²) in [6.45, 7) is -0.0467. The molecule has 1 heterocycles. The molecule has 80 valence electrons. The molecule has 0 saturated heterocycles. The quantitative estimate of drug-likeness (QED) is 0.741. The van der Waals surface area contributed by atoms with E-state index in [0.717, 1.165) is 5.56 Å². The first kappa shape index (κ1) is 10.2. The van der Waals surface area contributed by atoms with Crippen LogP contribution in [0.25, 0.3) is 0 Å². The van der Waals surface area contributed by atoms with Crippen molar-refractivity contribution < 1.29 is 14.7 Å². The van der Waals surface area contributed by atoms with Crippen molar-refractivity contribution in [2.75, 3.05) is 11.4 Å². The number of hydrogen-bond acceptors (Lipinski definition) is 3. The summed E-state index contributed by atoms with van der Waals surface area (Å²) in [5.74, 6) is -1.21. The summed E-state index contributed by atoms with van der Waals surface area (Å²) in [6, 6.07) is 6.40. The van der Waals surface area contributed by atoms with Gasteiger partial charge in [-0.2, -0.15) is 5.26 Å². The van der Waals surface area contributed by atoms with Crippen LogP contribution < -0.4 is 4.90 Å². The van der Waals surface area contributed by atoms with E-state index in [1.807, 2.05) is 6.07 Å². The summed E-state index contributed by atoms with van der Waals surface area (Å²) < 4.78 is 0. The first-order valence-electron chi connectivity index (χ1n) is 4.67. The molecule has 1 N–H and O–H groups in total. The number of anilines is 1. The Labute approximate surface area is 91.5 Å². The largest absolute Gasteiger partial charge is 0.478 e. The third kappa shape index (κ3) is 1.50. The minimum Gasteiger partial charge on any atom is -0.478 e. The van der Waals surface area contributed by atoms with Gasteiger partial charge in [0.25, 0.3) is 0 Å². The number of benzene rings is 1. The highest BCUT2D eigenvalue weighted by atomic mass is 16.4. The van der Waals surface area contributed by atoms with Gasteiger partial charge in [0.05, 0.1) is 18.1 Å². The lowest BCUT2D eigenvalue weighted by Crippen LogP contribution is -2.26. The molecule has 0 fully saturated rings. The van der Waals surface area contributed by atoms with Crippen molar-refractivity contribution in [1.82, 2.24) is 0 Å². The van der Waals surface area contributed by atoms with Crippen molar-refractivity contribution in [3.8, 4) is 6.07 Å². The van der Waals surface area contributed by atoms with Gasteiger partial charge in [-0.3, -0.25) is 9.69 Å². The maximum atomic E-state index is 11.5. The van der Waals surface area contributed by atoms with Crippen molar-refractivity contribution in [2.24, 2.45) is 0 Å². The Morgan fingerprint density at radius 2 is 2.31 bits per heavy atom. The predicted molar refractivity (Wildman–Crippen MR) is 55.1 cm³/mol. The average Bonchev–Trinajstić information content (AvgIpc) is 2.55. The fourth-order valence-electron chi connectivity index (χ4n) is 1.73. The number of nitriles is 1. The molecule has 5 heteroatoms. The molecule has 16 heavy (non-hydrogen) atoms. The second kappa shape index (κ2) is 3.66. The van der Waals surface area contributed by atoms with Crippen LogP contribution in [0, 0.1) is 11.3 Å². The van der Waals surface area contributed by atoms with Gasteiger partial charge in [0.1, 0.15) is 6.54 Å². The minimum absolute atomic E-state index is 0.0467. The average molecular weight is 216 g/mol. The SMILES string of the molecule is N#CCN1C(=O)Cc2ccc(C(=O)O)cc21. The molecule has 1 aliphatic heterocycles. The van der Waals surface area contributed by atoms with Gasteiger partial charge in [0.2, 0.25) is 5.91 Å². The van der Waals surface area contributed by atoms with E-state index in [-0.39, 0.29) is 24.4 Å². The first-order valence-corrected chi connectivity index (χ1v) is 4.67. The van der Waals surface area contributed by atoms with E-state index in [0.29, 0.717) is 5.69 Å². The van der Waals surface area contributed by atoms with Gasteiger partial charge < -0.3 is 5.11 Å². The molecule has 0 spiro atoms. The number of aromatic carboxylic acids is 1. The zero-order valence-electron chi connectivity index (χ0n) is 8.30. The monoisotopic (exact) mass is 216 g/mol. The van der Waals surface area contributed by atoms with Crippen LogP contribution in [-0.4, -0.2) is 23.5 Å². The van der Waals surface area contributed by atoms with Gasteiger partial charge in [0, 0.05) is 5.69 Å². The third-order valence-electron chi connectivity index (χ3n) is 2.49. The van der Waals surface area contributed by atoms with Crippen LogP contribution in [0.5, 0.6) is 0 Å². The number of nitrogens with zero attached hydrogens (tertiary/aromatic N) is 2. The predicted octanol–water partition coefficient (Wildman–Crippen LogP) is 0.797. The lowest BCUT2D eigenvalue weighted by molar-refractivity contribution is -0.117. The van der Waals surface area contributed by atoms with Crippen LogP contribution in [0.15, 0.2) is 18.2 Å². The number of fused-ring (bicyclic) bond motifs is 1. The minimum atomic E-state index is -1.04. The molecular weight excluding hydrogens is 208 g/mol. The highest BCUT2D eigenvalue weighted by molar-refractivity contribution is 6.03. The van der Waals surface area contributed by atoms with Crippen molar-refractivity contribution in [3.63, 3.8) is 0 Å². The van der Waals surface area contributed by atoms with Crippen molar-refractivity contribution in [2.45, 2.75) is 6.42 Å². The topological polar surface area (TPSA) is 81.4 Å². The maximum Gasteiger partial charge on any atom is 0.335 e. The summed E-state index contributed by atoms with van der Waals surface area (Å²) in [5, 5.41) is 17.4. The summed E-state index contributed by atoms with van der Waals surface area (Å²) in [4.78, 5) is 23.6. The van der Waals surface area contributed by atoms with E-state index in [4.69, 9.17) is 10.4 Å². The molecule has 0 atom stereocenters. The molecule has 1 aliphatic rings. The molecule has 0 unspecified atom stereocenters. The molecule has 1 amide bonds. The zero-order valence-corrected chi connectivity index (χ0v) is 8.30. The first-order chi connectivity index (χ1) is 7.63. The van der Waals surface area contributed by atoms with E-state index in [9.17, 15) is 9.59 Å². The van der Waals surface area contributed by atoms with Gasteiger partial charge in [-0.15, -0.1) is 0 Å².